The first-order valence-electron chi connectivity index (χ1n) is 7.97. The van der Waals surface area contributed by atoms with Gasteiger partial charge in [-0.3, -0.25) is 4.79 Å². The predicted molar refractivity (Wildman–Crippen MR) is 74.7 cm³/mol. The number of amides is 1. The Balaban J connectivity index is 1.88. The first kappa shape index (κ1) is 16.6. The molecule has 0 bridgehead atoms. The molecule has 2 N–H and O–H groups in total. The second-order valence-electron chi connectivity index (χ2n) is 6.46. The number of carbonyl (C=O) groups excluding carboxylic acids is 1. The van der Waals surface area contributed by atoms with Crippen molar-refractivity contribution >= 4 is 5.91 Å². The molecule has 1 aliphatic carbocycles. The second-order valence-corrected chi connectivity index (χ2v) is 6.46. The van der Waals surface area contributed by atoms with Gasteiger partial charge in [-0.05, 0) is 38.1 Å². The van der Waals surface area contributed by atoms with Crippen LogP contribution in [0.15, 0.2) is 0 Å². The largest absolute Gasteiger partial charge is 0.392 e. The minimum atomic E-state index is -4.27. The van der Waals surface area contributed by atoms with E-state index in [1.807, 2.05) is 0 Å². The number of hydrogen-bond acceptors (Lipinski definition) is 2. The molecule has 1 aliphatic heterocycles. The van der Waals surface area contributed by atoms with E-state index >= 15 is 0 Å². The minimum absolute atomic E-state index is 0.0830. The summed E-state index contributed by atoms with van der Waals surface area (Å²) in [7, 11) is 0. The summed E-state index contributed by atoms with van der Waals surface area (Å²) in [5.74, 6) is -2.35. The summed E-state index contributed by atoms with van der Waals surface area (Å²) in [6.07, 6.45) is -0.341. The van der Waals surface area contributed by atoms with Crippen molar-refractivity contribution in [1.82, 2.24) is 10.6 Å². The number of carbonyl (C=O) groups is 1. The van der Waals surface area contributed by atoms with Gasteiger partial charge >= 0.3 is 6.18 Å². The fourth-order valence-electron chi connectivity index (χ4n) is 3.57. The summed E-state index contributed by atoms with van der Waals surface area (Å²) in [6, 6.07) is 0.177. The molecule has 0 aromatic carbocycles. The highest BCUT2D eigenvalue weighted by Gasteiger charge is 2.48. The van der Waals surface area contributed by atoms with Gasteiger partial charge in [-0.1, -0.05) is 19.8 Å². The quantitative estimate of drug-likeness (QED) is 0.842. The zero-order valence-corrected chi connectivity index (χ0v) is 12.5. The normalized spacial score (nSPS) is 34.5. The molecule has 0 spiro atoms. The maximum Gasteiger partial charge on any atom is 0.392 e. The molecule has 1 amide bonds. The maximum atomic E-state index is 13.0. The molecule has 6 heteroatoms. The average molecular weight is 306 g/mol. The van der Waals surface area contributed by atoms with Crippen LogP contribution in [0.1, 0.15) is 45.4 Å². The van der Waals surface area contributed by atoms with Crippen LogP contribution < -0.4 is 10.6 Å². The van der Waals surface area contributed by atoms with Gasteiger partial charge in [0, 0.05) is 18.5 Å². The van der Waals surface area contributed by atoms with Gasteiger partial charge in [0.1, 0.15) is 0 Å². The van der Waals surface area contributed by atoms with Crippen LogP contribution in [0.3, 0.4) is 0 Å². The van der Waals surface area contributed by atoms with Crippen LogP contribution >= 0.6 is 0 Å². The molecular formula is C15H25F3N2O. The van der Waals surface area contributed by atoms with E-state index in [2.05, 4.69) is 17.6 Å². The van der Waals surface area contributed by atoms with Gasteiger partial charge in [0.05, 0.1) is 5.92 Å². The third-order valence-corrected chi connectivity index (χ3v) is 4.95. The van der Waals surface area contributed by atoms with Gasteiger partial charge < -0.3 is 10.6 Å². The van der Waals surface area contributed by atoms with Gasteiger partial charge in [-0.2, -0.15) is 13.2 Å². The number of alkyl halides is 3. The molecule has 2 rings (SSSR count). The first-order chi connectivity index (χ1) is 9.89. The smallest absolute Gasteiger partial charge is 0.354 e. The topological polar surface area (TPSA) is 41.1 Å². The molecule has 1 saturated heterocycles. The van der Waals surface area contributed by atoms with E-state index in [4.69, 9.17) is 0 Å². The molecule has 0 radical (unpaired) electrons. The molecule has 4 unspecified atom stereocenters. The van der Waals surface area contributed by atoms with Crippen molar-refractivity contribution in [2.24, 2.45) is 17.8 Å². The van der Waals surface area contributed by atoms with Gasteiger partial charge in [-0.15, -0.1) is 0 Å². The first-order valence-corrected chi connectivity index (χ1v) is 7.97. The monoisotopic (exact) mass is 306 g/mol. The Morgan fingerprint density at radius 2 is 1.90 bits per heavy atom. The number of halogens is 3. The van der Waals surface area contributed by atoms with Crippen LogP contribution in [-0.4, -0.2) is 31.2 Å². The lowest BCUT2D eigenvalue weighted by molar-refractivity contribution is -0.198. The zero-order chi connectivity index (χ0) is 15.5. The van der Waals surface area contributed by atoms with Crippen molar-refractivity contribution < 1.29 is 18.0 Å². The molecular weight excluding hydrogens is 281 g/mol. The Kier molecular flexibility index (Phi) is 5.52. The van der Waals surface area contributed by atoms with Crippen LogP contribution in [0.5, 0.6) is 0 Å². The minimum Gasteiger partial charge on any atom is -0.354 e. The van der Waals surface area contributed by atoms with Crippen molar-refractivity contribution in [2.45, 2.75) is 57.7 Å². The number of hydrogen-bond donors (Lipinski definition) is 2. The molecule has 1 heterocycles. The van der Waals surface area contributed by atoms with Gasteiger partial charge in [0.2, 0.25) is 5.91 Å². The Labute approximate surface area is 124 Å². The Morgan fingerprint density at radius 3 is 2.57 bits per heavy atom. The highest BCUT2D eigenvalue weighted by atomic mass is 19.4. The van der Waals surface area contributed by atoms with Crippen LogP contribution in [0.2, 0.25) is 0 Å². The Bertz CT molecular complexity index is 359. The molecule has 122 valence electrons. The second kappa shape index (κ2) is 6.99. The molecule has 2 fully saturated rings. The van der Waals surface area contributed by atoms with Crippen molar-refractivity contribution in [3.63, 3.8) is 0 Å². The molecule has 0 aromatic rings. The summed E-state index contributed by atoms with van der Waals surface area (Å²) < 4.78 is 39.0. The lowest BCUT2D eigenvalue weighted by atomic mass is 9.78. The predicted octanol–water partition coefficient (Wildman–Crippen LogP) is 2.86. The molecule has 21 heavy (non-hydrogen) atoms. The third-order valence-electron chi connectivity index (χ3n) is 4.95. The van der Waals surface area contributed by atoms with E-state index in [0.717, 1.165) is 19.4 Å². The molecule has 0 aromatic heterocycles. The zero-order valence-electron chi connectivity index (χ0n) is 12.5. The number of nitrogens with one attached hydrogen (secondary N) is 2. The fraction of sp³-hybridized carbons (Fsp3) is 0.933. The van der Waals surface area contributed by atoms with Crippen LogP contribution in [0.25, 0.3) is 0 Å². The van der Waals surface area contributed by atoms with Crippen molar-refractivity contribution in [3.05, 3.63) is 0 Å². The molecule has 1 saturated carbocycles. The highest BCUT2D eigenvalue weighted by molar-refractivity contribution is 5.79. The number of piperidine rings is 1. The summed E-state index contributed by atoms with van der Waals surface area (Å²) in [5, 5.41) is 6.08. The Hall–Kier alpha value is -0.780. The van der Waals surface area contributed by atoms with Crippen molar-refractivity contribution in [2.75, 3.05) is 13.1 Å². The summed E-state index contributed by atoms with van der Waals surface area (Å²) >= 11 is 0. The Morgan fingerprint density at radius 1 is 1.19 bits per heavy atom. The molecule has 4 atom stereocenters. The van der Waals surface area contributed by atoms with E-state index in [1.54, 1.807) is 0 Å². The van der Waals surface area contributed by atoms with E-state index in [1.165, 1.54) is 0 Å². The highest BCUT2D eigenvalue weighted by Crippen LogP contribution is 2.41. The SMILES string of the molecule is CC1CCCNC1CNC(=O)C1CCCCC1C(F)(F)F. The van der Waals surface area contributed by atoms with E-state index in [9.17, 15) is 18.0 Å². The summed E-state index contributed by atoms with van der Waals surface area (Å²) in [6.45, 7) is 3.46. The summed E-state index contributed by atoms with van der Waals surface area (Å²) in [5.41, 5.74) is 0. The van der Waals surface area contributed by atoms with E-state index in [-0.39, 0.29) is 12.5 Å². The van der Waals surface area contributed by atoms with Crippen molar-refractivity contribution in [3.8, 4) is 0 Å². The maximum absolute atomic E-state index is 13.0. The average Bonchev–Trinajstić information content (AvgIpc) is 2.45. The summed E-state index contributed by atoms with van der Waals surface area (Å²) in [4.78, 5) is 12.2. The van der Waals surface area contributed by atoms with Crippen molar-refractivity contribution in [1.29, 1.82) is 0 Å². The molecule has 3 nitrogen and oxygen atoms in total. The van der Waals surface area contributed by atoms with E-state index in [0.29, 0.717) is 31.7 Å². The number of rotatable bonds is 3. The third kappa shape index (κ3) is 4.34. The lowest BCUT2D eigenvalue weighted by Gasteiger charge is -2.34. The van der Waals surface area contributed by atoms with Crippen LogP contribution in [0.4, 0.5) is 13.2 Å². The van der Waals surface area contributed by atoms with Gasteiger partial charge in [0.15, 0.2) is 0 Å². The lowest BCUT2D eigenvalue weighted by Crippen LogP contribution is -2.50. The van der Waals surface area contributed by atoms with Crippen LogP contribution in [0, 0.1) is 17.8 Å². The fourth-order valence-corrected chi connectivity index (χ4v) is 3.57. The van der Waals surface area contributed by atoms with Gasteiger partial charge in [-0.25, -0.2) is 0 Å². The van der Waals surface area contributed by atoms with Crippen LogP contribution in [-0.2, 0) is 4.79 Å². The van der Waals surface area contributed by atoms with E-state index < -0.39 is 23.9 Å². The molecule has 2 aliphatic rings. The standard InChI is InChI=1S/C15H25F3N2O/c1-10-5-4-8-19-13(10)9-20-14(21)11-6-2-3-7-12(11)15(16,17)18/h10-13,19H,2-9H2,1H3,(H,20,21). The van der Waals surface area contributed by atoms with Gasteiger partial charge in [0.25, 0.3) is 0 Å².